The molecule has 1 unspecified atom stereocenters. The number of alkyl halides is 2. The molecule has 0 aromatic heterocycles. The lowest BCUT2D eigenvalue weighted by molar-refractivity contribution is -0.207. The first-order chi connectivity index (χ1) is 15.8. The van der Waals surface area contributed by atoms with Crippen molar-refractivity contribution in [2.75, 3.05) is 0 Å². The molecule has 0 saturated heterocycles. The maximum atomic E-state index is 13.7. The fourth-order valence-corrected chi connectivity index (χ4v) is 2.85. The molecule has 3 rings (SSSR count). The molecular weight excluding hydrogens is 428 g/mol. The molecule has 5 nitrogen and oxygen atoms in total. The first-order valence-electron chi connectivity index (χ1n) is 10.4. The SMILES string of the molecule is CC(C)C(F)(F)Oc1ccc(OC(=O)CC(C#N)c2cccc(Oc3ccccc3)c2)cc1. The van der Waals surface area contributed by atoms with Gasteiger partial charge in [0.15, 0.2) is 0 Å². The van der Waals surface area contributed by atoms with Crippen molar-refractivity contribution < 1.29 is 27.8 Å². The highest BCUT2D eigenvalue weighted by Gasteiger charge is 2.36. The summed E-state index contributed by atoms with van der Waals surface area (Å²) in [5, 5.41) is 9.58. The van der Waals surface area contributed by atoms with Gasteiger partial charge in [-0.25, -0.2) is 0 Å². The van der Waals surface area contributed by atoms with E-state index in [1.165, 1.54) is 38.1 Å². The van der Waals surface area contributed by atoms with Crippen LogP contribution in [0.25, 0.3) is 0 Å². The standard InChI is InChI=1S/C26H23F2NO4/c1-18(2)26(27,28)33-23-13-11-22(12-14-23)32-25(30)16-20(17-29)19-7-6-10-24(15-19)31-21-8-4-3-5-9-21/h3-15,18,20H,16H2,1-2H3. The molecule has 0 aliphatic heterocycles. The average molecular weight is 451 g/mol. The number of rotatable bonds is 9. The van der Waals surface area contributed by atoms with Gasteiger partial charge in [-0.3, -0.25) is 4.79 Å². The summed E-state index contributed by atoms with van der Waals surface area (Å²) in [7, 11) is 0. The Labute approximate surface area is 191 Å². The molecule has 0 saturated carbocycles. The second-order valence-corrected chi connectivity index (χ2v) is 7.64. The Bertz CT molecular complexity index is 1110. The van der Waals surface area contributed by atoms with Crippen LogP contribution < -0.4 is 14.2 Å². The lowest BCUT2D eigenvalue weighted by Crippen LogP contribution is -2.31. The minimum Gasteiger partial charge on any atom is -0.457 e. The third-order valence-electron chi connectivity index (χ3n) is 4.75. The highest BCUT2D eigenvalue weighted by atomic mass is 19.3. The molecule has 0 amide bonds. The molecule has 1 atom stereocenters. The molecular formula is C26H23F2NO4. The van der Waals surface area contributed by atoms with Crippen molar-refractivity contribution in [3.8, 4) is 29.1 Å². The maximum absolute atomic E-state index is 13.7. The number of nitrogens with zero attached hydrogens (tertiary/aromatic N) is 1. The number of hydrogen-bond acceptors (Lipinski definition) is 5. The van der Waals surface area contributed by atoms with Crippen molar-refractivity contribution >= 4 is 5.97 Å². The quantitative estimate of drug-likeness (QED) is 0.267. The number of para-hydroxylation sites is 1. The Balaban J connectivity index is 1.61. The van der Waals surface area contributed by atoms with Gasteiger partial charge in [-0.15, -0.1) is 0 Å². The minimum absolute atomic E-state index is 0.0429. The normalized spacial score (nSPS) is 12.0. The molecule has 7 heteroatoms. The largest absolute Gasteiger partial charge is 0.457 e. The minimum atomic E-state index is -3.31. The summed E-state index contributed by atoms with van der Waals surface area (Å²) in [6, 6.07) is 23.6. The van der Waals surface area contributed by atoms with Crippen molar-refractivity contribution in [3.05, 3.63) is 84.4 Å². The van der Waals surface area contributed by atoms with Crippen molar-refractivity contribution in [1.82, 2.24) is 0 Å². The third-order valence-corrected chi connectivity index (χ3v) is 4.75. The second-order valence-electron chi connectivity index (χ2n) is 7.64. The molecule has 0 radical (unpaired) electrons. The summed E-state index contributed by atoms with van der Waals surface area (Å²) in [5.74, 6) is -1.05. The number of nitriles is 1. The molecule has 33 heavy (non-hydrogen) atoms. The number of carbonyl (C=O) groups is 1. The average Bonchev–Trinajstić information content (AvgIpc) is 2.79. The molecule has 0 spiro atoms. The smallest absolute Gasteiger partial charge is 0.400 e. The Morgan fingerprint density at radius 2 is 1.55 bits per heavy atom. The van der Waals surface area contributed by atoms with Crippen LogP contribution in [0, 0.1) is 17.2 Å². The predicted octanol–water partition coefficient (Wildman–Crippen LogP) is 6.71. The van der Waals surface area contributed by atoms with Crippen molar-refractivity contribution in [1.29, 1.82) is 5.26 Å². The molecule has 170 valence electrons. The van der Waals surface area contributed by atoms with Crippen molar-refractivity contribution in [3.63, 3.8) is 0 Å². The number of carbonyl (C=O) groups excluding carboxylic acids is 1. The monoisotopic (exact) mass is 451 g/mol. The number of ether oxygens (including phenoxy) is 3. The zero-order valence-electron chi connectivity index (χ0n) is 18.2. The lowest BCUT2D eigenvalue weighted by Gasteiger charge is -2.21. The van der Waals surface area contributed by atoms with Gasteiger partial charge in [0.05, 0.1) is 24.3 Å². The van der Waals surface area contributed by atoms with E-state index >= 15 is 0 Å². The highest BCUT2D eigenvalue weighted by Crippen LogP contribution is 2.30. The molecule has 3 aromatic rings. The Kier molecular flexibility index (Phi) is 7.62. The molecule has 0 fully saturated rings. The van der Waals surface area contributed by atoms with Gasteiger partial charge < -0.3 is 14.2 Å². The summed E-state index contributed by atoms with van der Waals surface area (Å²) in [6.07, 6.45) is -3.49. The molecule has 0 aliphatic rings. The van der Waals surface area contributed by atoms with Crippen LogP contribution in [0.5, 0.6) is 23.0 Å². The number of hydrogen-bond donors (Lipinski definition) is 0. The number of benzene rings is 3. The van der Waals surface area contributed by atoms with Gasteiger partial charge in [0.2, 0.25) is 0 Å². The van der Waals surface area contributed by atoms with Gasteiger partial charge in [-0.05, 0) is 54.1 Å². The van der Waals surface area contributed by atoms with E-state index in [-0.39, 0.29) is 17.9 Å². The van der Waals surface area contributed by atoms with E-state index in [9.17, 15) is 18.8 Å². The van der Waals surface area contributed by atoms with Gasteiger partial charge in [0.1, 0.15) is 23.0 Å². The van der Waals surface area contributed by atoms with Gasteiger partial charge in [0, 0.05) is 0 Å². The fourth-order valence-electron chi connectivity index (χ4n) is 2.85. The van der Waals surface area contributed by atoms with E-state index in [1.807, 2.05) is 30.3 Å². The highest BCUT2D eigenvalue weighted by molar-refractivity contribution is 5.74. The van der Waals surface area contributed by atoms with Crippen molar-refractivity contribution in [2.24, 2.45) is 5.92 Å². The topological polar surface area (TPSA) is 68.5 Å². The summed E-state index contributed by atoms with van der Waals surface area (Å²) >= 11 is 0. The summed E-state index contributed by atoms with van der Waals surface area (Å²) in [5.41, 5.74) is 0.613. The van der Waals surface area contributed by atoms with E-state index in [0.717, 1.165) is 0 Å². The van der Waals surface area contributed by atoms with Crippen LogP contribution in [0.3, 0.4) is 0 Å². The predicted molar refractivity (Wildman–Crippen MR) is 118 cm³/mol. The maximum Gasteiger partial charge on any atom is 0.400 e. The molecule has 0 aliphatic carbocycles. The van der Waals surface area contributed by atoms with Crippen LogP contribution in [-0.4, -0.2) is 12.1 Å². The third kappa shape index (κ3) is 6.78. The number of halogens is 2. The Morgan fingerprint density at radius 1 is 0.909 bits per heavy atom. The zero-order valence-corrected chi connectivity index (χ0v) is 18.2. The molecule has 0 N–H and O–H groups in total. The second kappa shape index (κ2) is 10.6. The van der Waals surface area contributed by atoms with Crippen LogP contribution in [0.15, 0.2) is 78.9 Å². The van der Waals surface area contributed by atoms with E-state index in [4.69, 9.17) is 9.47 Å². The van der Waals surface area contributed by atoms with E-state index in [1.54, 1.807) is 24.3 Å². The summed E-state index contributed by atoms with van der Waals surface area (Å²) < 4.78 is 43.1. The molecule has 0 bridgehead atoms. The number of esters is 1. The van der Waals surface area contributed by atoms with Gasteiger partial charge in [-0.2, -0.15) is 14.0 Å². The summed E-state index contributed by atoms with van der Waals surface area (Å²) in [4.78, 5) is 12.4. The van der Waals surface area contributed by atoms with Crippen LogP contribution in [0.1, 0.15) is 31.7 Å². The van der Waals surface area contributed by atoms with E-state index in [2.05, 4.69) is 10.8 Å². The zero-order chi connectivity index (χ0) is 23.8. The van der Waals surface area contributed by atoms with Gasteiger partial charge in [0.25, 0.3) is 0 Å². The van der Waals surface area contributed by atoms with Gasteiger partial charge >= 0.3 is 12.1 Å². The Morgan fingerprint density at radius 3 is 2.18 bits per heavy atom. The van der Waals surface area contributed by atoms with Crippen LogP contribution >= 0.6 is 0 Å². The van der Waals surface area contributed by atoms with Crippen LogP contribution in [0.2, 0.25) is 0 Å². The lowest BCUT2D eigenvalue weighted by atomic mass is 9.97. The summed E-state index contributed by atoms with van der Waals surface area (Å²) in [6.45, 7) is 2.70. The van der Waals surface area contributed by atoms with E-state index < -0.39 is 23.9 Å². The molecule has 0 heterocycles. The first-order valence-corrected chi connectivity index (χ1v) is 10.4. The van der Waals surface area contributed by atoms with Crippen LogP contribution in [0.4, 0.5) is 8.78 Å². The Hall–Kier alpha value is -3.92. The van der Waals surface area contributed by atoms with Crippen molar-refractivity contribution in [2.45, 2.75) is 32.3 Å². The van der Waals surface area contributed by atoms with Crippen LogP contribution in [-0.2, 0) is 4.79 Å². The molecule has 3 aromatic carbocycles. The fraction of sp³-hybridized carbons (Fsp3) is 0.231. The van der Waals surface area contributed by atoms with Gasteiger partial charge in [-0.1, -0.05) is 44.2 Å². The first kappa shape index (κ1) is 23.7. The van der Waals surface area contributed by atoms with E-state index in [0.29, 0.717) is 17.1 Å².